The zero-order valence-electron chi connectivity index (χ0n) is 13.9. The lowest BCUT2D eigenvalue weighted by Gasteiger charge is -2.34. The molecule has 0 unspecified atom stereocenters. The molecule has 6 heteroatoms. The first-order valence-electron chi connectivity index (χ1n) is 7.44. The Morgan fingerprint density at radius 1 is 1.09 bits per heavy atom. The lowest BCUT2D eigenvalue weighted by atomic mass is 10.1. The summed E-state index contributed by atoms with van der Waals surface area (Å²) in [5, 5.41) is 0.650. The fourth-order valence-electron chi connectivity index (χ4n) is 1.96. The monoisotopic (exact) mass is 347 g/mol. The third-order valence-corrected chi connectivity index (χ3v) is 4.80. The van der Waals surface area contributed by atoms with Crippen molar-refractivity contribution in [3.8, 4) is 0 Å². The fourth-order valence-corrected chi connectivity index (χ4v) is 2.84. The van der Waals surface area contributed by atoms with Crippen LogP contribution in [0.5, 0.6) is 0 Å². The number of benzene rings is 1. The van der Waals surface area contributed by atoms with Gasteiger partial charge in [-0.2, -0.15) is 0 Å². The summed E-state index contributed by atoms with van der Waals surface area (Å²) < 4.78 is 26.7. The molecule has 1 aromatic rings. The molecule has 0 spiro atoms. The minimum Gasteiger partial charge on any atom is -0.345 e. The molecule has 0 aliphatic carbocycles. The van der Waals surface area contributed by atoms with Crippen molar-refractivity contribution < 1.29 is 13.7 Å². The maximum atomic E-state index is 12.3. The number of hydrogen-bond donors (Lipinski definition) is 1. The van der Waals surface area contributed by atoms with Gasteiger partial charge in [0.2, 0.25) is 5.79 Å². The van der Waals surface area contributed by atoms with Crippen LogP contribution in [0.15, 0.2) is 24.3 Å². The topological polar surface area (TPSA) is 47.6 Å². The summed E-state index contributed by atoms with van der Waals surface area (Å²) in [6.45, 7) is 10.8. The SMILES string of the molecule is CCOC(CN[S@](=O)C(C)(C)C)(OCC)c1ccc(Cl)cc1. The third kappa shape index (κ3) is 5.32. The predicted molar refractivity (Wildman–Crippen MR) is 92.3 cm³/mol. The van der Waals surface area contributed by atoms with Gasteiger partial charge in [-0.15, -0.1) is 0 Å². The van der Waals surface area contributed by atoms with Crippen LogP contribution in [0.4, 0.5) is 0 Å². The third-order valence-electron chi connectivity index (χ3n) is 3.03. The van der Waals surface area contributed by atoms with Crippen molar-refractivity contribution in [1.82, 2.24) is 4.72 Å². The lowest BCUT2D eigenvalue weighted by Crippen LogP contribution is -2.46. The Hall–Kier alpha value is -0.460. The van der Waals surface area contributed by atoms with Gasteiger partial charge in [0.05, 0.1) is 22.3 Å². The van der Waals surface area contributed by atoms with Crippen molar-refractivity contribution in [1.29, 1.82) is 0 Å². The Morgan fingerprint density at radius 2 is 1.59 bits per heavy atom. The zero-order chi connectivity index (χ0) is 16.8. The molecular formula is C16H26ClNO3S. The van der Waals surface area contributed by atoms with Crippen LogP contribution < -0.4 is 4.72 Å². The van der Waals surface area contributed by atoms with E-state index in [0.29, 0.717) is 24.8 Å². The molecule has 4 nitrogen and oxygen atoms in total. The van der Waals surface area contributed by atoms with Crippen LogP contribution in [0.25, 0.3) is 0 Å². The highest BCUT2D eigenvalue weighted by Gasteiger charge is 2.35. The molecule has 0 heterocycles. The van der Waals surface area contributed by atoms with Crippen LogP contribution in [0.2, 0.25) is 5.02 Å². The van der Waals surface area contributed by atoms with Gasteiger partial charge in [0.25, 0.3) is 0 Å². The van der Waals surface area contributed by atoms with Crippen LogP contribution in [-0.2, 0) is 26.2 Å². The molecule has 0 saturated heterocycles. The maximum absolute atomic E-state index is 12.3. The average Bonchev–Trinajstić information content (AvgIpc) is 2.44. The first-order valence-corrected chi connectivity index (χ1v) is 8.97. The van der Waals surface area contributed by atoms with Crippen molar-refractivity contribution in [2.75, 3.05) is 19.8 Å². The van der Waals surface area contributed by atoms with Crippen molar-refractivity contribution in [3.63, 3.8) is 0 Å². The van der Waals surface area contributed by atoms with E-state index in [9.17, 15) is 4.21 Å². The molecule has 0 fully saturated rings. The highest BCUT2D eigenvalue weighted by atomic mass is 35.5. The zero-order valence-corrected chi connectivity index (χ0v) is 15.5. The second kappa shape index (κ2) is 8.41. The summed E-state index contributed by atoms with van der Waals surface area (Å²) in [4.78, 5) is 0. The van der Waals surface area contributed by atoms with Crippen LogP contribution >= 0.6 is 11.6 Å². The van der Waals surface area contributed by atoms with E-state index in [1.807, 2.05) is 46.8 Å². The van der Waals surface area contributed by atoms with Crippen molar-refractivity contribution >= 4 is 22.6 Å². The molecule has 0 bridgehead atoms. The molecule has 0 radical (unpaired) electrons. The molecule has 0 aromatic heterocycles. The minimum absolute atomic E-state index is 0.292. The van der Waals surface area contributed by atoms with Gasteiger partial charge in [0.15, 0.2) is 0 Å². The van der Waals surface area contributed by atoms with E-state index in [1.54, 1.807) is 12.1 Å². The van der Waals surface area contributed by atoms with Gasteiger partial charge < -0.3 is 9.47 Å². The number of nitrogens with one attached hydrogen (secondary N) is 1. The largest absolute Gasteiger partial charge is 0.345 e. The summed E-state index contributed by atoms with van der Waals surface area (Å²) in [6.07, 6.45) is 0. The van der Waals surface area contributed by atoms with Crippen molar-refractivity contribution in [3.05, 3.63) is 34.9 Å². The molecule has 0 aliphatic rings. The molecule has 0 saturated carbocycles. The lowest BCUT2D eigenvalue weighted by molar-refractivity contribution is -0.237. The van der Waals surface area contributed by atoms with Gasteiger partial charge in [0.1, 0.15) is 0 Å². The van der Waals surface area contributed by atoms with E-state index < -0.39 is 16.8 Å². The minimum atomic E-state index is -1.21. The summed E-state index contributed by atoms with van der Waals surface area (Å²) >= 11 is 5.96. The molecule has 126 valence electrons. The summed E-state index contributed by atoms with van der Waals surface area (Å²) in [5.74, 6) is -0.977. The maximum Gasteiger partial charge on any atom is 0.208 e. The number of hydrogen-bond acceptors (Lipinski definition) is 3. The smallest absolute Gasteiger partial charge is 0.208 e. The molecular weight excluding hydrogens is 322 g/mol. The molecule has 22 heavy (non-hydrogen) atoms. The highest BCUT2D eigenvalue weighted by molar-refractivity contribution is 7.84. The van der Waals surface area contributed by atoms with Gasteiger partial charge in [-0.25, -0.2) is 8.93 Å². The fraction of sp³-hybridized carbons (Fsp3) is 0.625. The van der Waals surface area contributed by atoms with Crippen molar-refractivity contribution in [2.24, 2.45) is 0 Å². The first-order chi connectivity index (χ1) is 10.2. The number of halogens is 1. The highest BCUT2D eigenvalue weighted by Crippen LogP contribution is 2.28. The van der Waals surface area contributed by atoms with Gasteiger partial charge >= 0.3 is 0 Å². The quantitative estimate of drug-likeness (QED) is 0.731. The molecule has 0 amide bonds. The summed E-state index contributed by atoms with van der Waals surface area (Å²) in [6, 6.07) is 7.33. The van der Waals surface area contributed by atoms with Crippen molar-refractivity contribution in [2.45, 2.75) is 45.2 Å². The predicted octanol–water partition coefficient (Wildman–Crippen LogP) is 3.62. The van der Waals surface area contributed by atoms with E-state index in [-0.39, 0.29) is 4.75 Å². The van der Waals surface area contributed by atoms with E-state index in [4.69, 9.17) is 21.1 Å². The van der Waals surface area contributed by atoms with Crippen LogP contribution in [-0.4, -0.2) is 28.7 Å². The van der Waals surface area contributed by atoms with E-state index in [1.165, 1.54) is 0 Å². The molecule has 0 aliphatic heterocycles. The second-order valence-corrected chi connectivity index (χ2v) is 8.32. The van der Waals surface area contributed by atoms with Crippen LogP contribution in [0.3, 0.4) is 0 Å². The van der Waals surface area contributed by atoms with Crippen LogP contribution in [0.1, 0.15) is 40.2 Å². The molecule has 1 atom stereocenters. The normalized spacial score (nSPS) is 14.1. The Balaban J connectivity index is 3.04. The number of rotatable bonds is 8. The Kier molecular flexibility index (Phi) is 7.49. The first kappa shape index (κ1) is 19.6. The summed E-state index contributed by atoms with van der Waals surface area (Å²) in [5.41, 5.74) is 0.846. The second-order valence-electron chi connectivity index (χ2n) is 5.83. The van der Waals surface area contributed by atoms with Gasteiger partial charge in [-0.1, -0.05) is 23.7 Å². The Bertz CT molecular complexity index is 479. The molecule has 1 rings (SSSR count). The van der Waals surface area contributed by atoms with E-state index in [0.717, 1.165) is 5.56 Å². The van der Waals surface area contributed by atoms with Gasteiger partial charge in [-0.05, 0) is 46.8 Å². The number of ether oxygens (including phenoxy) is 2. The van der Waals surface area contributed by atoms with E-state index in [2.05, 4.69) is 4.72 Å². The average molecular weight is 348 g/mol. The molecule has 1 N–H and O–H groups in total. The summed E-state index contributed by atoms with van der Waals surface area (Å²) in [7, 11) is -1.21. The van der Waals surface area contributed by atoms with E-state index >= 15 is 0 Å². The Morgan fingerprint density at radius 3 is 2.00 bits per heavy atom. The standard InChI is InChI=1S/C16H26ClNO3S/c1-6-20-16(21-7-2,12-18-22(19)15(3,4)5)13-8-10-14(17)11-9-13/h8-11,18H,6-7,12H2,1-5H3/t22-/m1/s1. The van der Waals surface area contributed by atoms with Gasteiger partial charge in [0, 0.05) is 23.8 Å². The Labute approximate surface area is 141 Å². The van der Waals surface area contributed by atoms with Crippen LogP contribution in [0, 0.1) is 0 Å². The van der Waals surface area contributed by atoms with Gasteiger partial charge in [-0.3, -0.25) is 0 Å². The molecule has 1 aromatic carbocycles.